The van der Waals surface area contributed by atoms with Gasteiger partial charge >= 0.3 is 11.9 Å². The van der Waals surface area contributed by atoms with Gasteiger partial charge in [0, 0.05) is 12.1 Å². The lowest BCUT2D eigenvalue weighted by molar-refractivity contribution is -0.137. The lowest BCUT2D eigenvalue weighted by atomic mass is 9.81. The third kappa shape index (κ3) is 3.82. The normalized spacial score (nSPS) is 16.5. The summed E-state index contributed by atoms with van der Waals surface area (Å²) in [4.78, 5) is 17.2. The maximum absolute atomic E-state index is 12.7. The van der Waals surface area contributed by atoms with Gasteiger partial charge in [-0.05, 0) is 48.6 Å². The zero-order chi connectivity index (χ0) is 20.8. The third-order valence-corrected chi connectivity index (χ3v) is 5.02. The van der Waals surface area contributed by atoms with Crippen molar-refractivity contribution in [3.05, 3.63) is 68.5 Å². The molecule has 2 aromatic heterocycles. The zero-order valence-electron chi connectivity index (χ0n) is 14.7. The molecule has 1 aliphatic rings. The molecule has 152 valence electrons. The van der Waals surface area contributed by atoms with Crippen molar-refractivity contribution in [2.24, 2.45) is 0 Å². The van der Waals surface area contributed by atoms with Gasteiger partial charge in [-0.3, -0.25) is 4.98 Å². The second kappa shape index (κ2) is 7.14. The number of alkyl halides is 3. The largest absolute Gasteiger partial charge is 0.492 e. The van der Waals surface area contributed by atoms with Crippen LogP contribution in [0.1, 0.15) is 41.2 Å². The smallest absolute Gasteiger partial charge is 0.419 e. The Balaban J connectivity index is 1.62. The molecular formula is C19H14ClF3N2O4. The highest BCUT2D eigenvalue weighted by atomic mass is 35.5. The summed E-state index contributed by atoms with van der Waals surface area (Å²) in [6, 6.07) is 5.88. The molecule has 29 heavy (non-hydrogen) atoms. The van der Waals surface area contributed by atoms with Gasteiger partial charge in [-0.25, -0.2) is 9.78 Å². The maximum Gasteiger partial charge on any atom is 0.419 e. The van der Waals surface area contributed by atoms with Gasteiger partial charge in [-0.15, -0.1) is 0 Å². The topological polar surface area (TPSA) is 88.4 Å². The first-order valence-electron chi connectivity index (χ1n) is 8.68. The van der Waals surface area contributed by atoms with Crippen LogP contribution >= 0.6 is 11.6 Å². The highest BCUT2D eigenvalue weighted by molar-refractivity contribution is 6.31. The Bertz CT molecular complexity index is 1120. The zero-order valence-corrected chi connectivity index (χ0v) is 15.5. The summed E-state index contributed by atoms with van der Waals surface area (Å²) in [6.45, 7) is 0. The summed E-state index contributed by atoms with van der Waals surface area (Å²) < 4.78 is 48.9. The van der Waals surface area contributed by atoms with E-state index >= 15 is 0 Å². The number of fused-ring (bicyclic) bond motifs is 1. The predicted octanol–water partition coefficient (Wildman–Crippen LogP) is 5.00. The molecule has 0 amide bonds. The van der Waals surface area contributed by atoms with Gasteiger partial charge in [0.1, 0.15) is 10.8 Å². The van der Waals surface area contributed by atoms with Gasteiger partial charge < -0.3 is 14.3 Å². The average Bonchev–Trinajstić information content (AvgIpc) is 3.00. The minimum absolute atomic E-state index is 0.138. The molecule has 4 rings (SSSR count). The Morgan fingerprint density at radius 1 is 1.31 bits per heavy atom. The van der Waals surface area contributed by atoms with E-state index in [0.29, 0.717) is 18.4 Å². The number of nitrogens with zero attached hydrogens (tertiary/aromatic N) is 1. The standard InChI is InChI=1S/C19H14ClF3N2O4/c20-14-7-10(19(21,22)23)8-24-17(14)28-11-4-5-12-9(6-11)2-1-3-13(12)15-16(26)25-18(27)29-15/h4-8,13,26H,1-3H2,(H,25,27)/t13-/m1/s1. The molecule has 0 unspecified atom stereocenters. The first kappa shape index (κ1) is 19.4. The van der Waals surface area contributed by atoms with Crippen molar-refractivity contribution in [1.82, 2.24) is 9.97 Å². The number of nitrogens with one attached hydrogen (secondary N) is 1. The number of rotatable bonds is 3. The molecule has 1 atom stereocenters. The summed E-state index contributed by atoms with van der Waals surface area (Å²) >= 11 is 5.89. The Hall–Kier alpha value is -2.94. The molecule has 1 aliphatic carbocycles. The quantitative estimate of drug-likeness (QED) is 0.615. The molecule has 2 N–H and O–H groups in total. The molecule has 0 bridgehead atoms. The molecule has 0 fully saturated rings. The van der Waals surface area contributed by atoms with E-state index in [1.807, 2.05) is 0 Å². The van der Waals surface area contributed by atoms with Crippen molar-refractivity contribution in [3.63, 3.8) is 0 Å². The molecule has 0 spiro atoms. The highest BCUT2D eigenvalue weighted by Gasteiger charge is 2.32. The molecule has 10 heteroatoms. The number of H-pyrrole nitrogens is 1. The number of benzene rings is 1. The average molecular weight is 427 g/mol. The predicted molar refractivity (Wildman–Crippen MR) is 96.5 cm³/mol. The van der Waals surface area contributed by atoms with Crippen LogP contribution in [-0.2, 0) is 12.6 Å². The fourth-order valence-electron chi connectivity index (χ4n) is 3.46. The molecule has 1 aromatic carbocycles. The van der Waals surface area contributed by atoms with Crippen molar-refractivity contribution in [3.8, 4) is 17.5 Å². The fourth-order valence-corrected chi connectivity index (χ4v) is 3.67. The van der Waals surface area contributed by atoms with Crippen LogP contribution < -0.4 is 10.5 Å². The molecule has 2 heterocycles. The Morgan fingerprint density at radius 3 is 2.76 bits per heavy atom. The van der Waals surface area contributed by atoms with Crippen molar-refractivity contribution < 1.29 is 27.4 Å². The second-order valence-electron chi connectivity index (χ2n) is 6.64. The van der Waals surface area contributed by atoms with Crippen LogP contribution in [-0.4, -0.2) is 15.1 Å². The van der Waals surface area contributed by atoms with Gasteiger partial charge in [0.15, 0.2) is 5.76 Å². The van der Waals surface area contributed by atoms with Gasteiger partial charge in [-0.2, -0.15) is 13.2 Å². The van der Waals surface area contributed by atoms with Gasteiger partial charge in [0.2, 0.25) is 11.8 Å². The Kier molecular flexibility index (Phi) is 4.77. The molecule has 3 aromatic rings. The molecular weight excluding hydrogens is 413 g/mol. The first-order valence-corrected chi connectivity index (χ1v) is 9.05. The summed E-state index contributed by atoms with van der Waals surface area (Å²) in [7, 11) is 0. The molecule has 6 nitrogen and oxygen atoms in total. The monoisotopic (exact) mass is 426 g/mol. The number of oxazole rings is 1. The van der Waals surface area contributed by atoms with E-state index in [4.69, 9.17) is 20.8 Å². The first-order chi connectivity index (χ1) is 13.7. The van der Waals surface area contributed by atoms with Crippen molar-refractivity contribution in [2.75, 3.05) is 0 Å². The number of hydrogen-bond acceptors (Lipinski definition) is 5. The van der Waals surface area contributed by atoms with Crippen molar-refractivity contribution >= 4 is 11.6 Å². The van der Waals surface area contributed by atoms with Crippen LogP contribution in [0.5, 0.6) is 17.5 Å². The SMILES string of the molecule is O=c1[nH]c(O)c([C@@H]2CCCc3cc(Oc4ncc(C(F)(F)F)cc4Cl)ccc32)o1. The highest BCUT2D eigenvalue weighted by Crippen LogP contribution is 2.41. The van der Waals surface area contributed by atoms with E-state index in [9.17, 15) is 23.1 Å². The van der Waals surface area contributed by atoms with E-state index in [-0.39, 0.29) is 28.5 Å². The Morgan fingerprint density at radius 2 is 2.10 bits per heavy atom. The number of aromatic amines is 1. The van der Waals surface area contributed by atoms with Gasteiger partial charge in [0.25, 0.3) is 0 Å². The van der Waals surface area contributed by atoms with Crippen LogP contribution in [0.25, 0.3) is 0 Å². The molecule has 0 saturated carbocycles. The number of ether oxygens (including phenoxy) is 1. The molecule has 0 saturated heterocycles. The summed E-state index contributed by atoms with van der Waals surface area (Å²) in [5, 5.41) is 9.64. The van der Waals surface area contributed by atoms with Crippen LogP contribution in [0.2, 0.25) is 5.02 Å². The minimum Gasteiger partial charge on any atom is -0.492 e. The fraction of sp³-hybridized carbons (Fsp3) is 0.263. The van der Waals surface area contributed by atoms with Crippen LogP contribution in [0.3, 0.4) is 0 Å². The van der Waals surface area contributed by atoms with E-state index in [1.54, 1.807) is 18.2 Å². The van der Waals surface area contributed by atoms with E-state index in [0.717, 1.165) is 30.0 Å². The Labute approximate surface area is 166 Å². The number of hydrogen-bond donors (Lipinski definition) is 2. The van der Waals surface area contributed by atoms with Gasteiger partial charge in [0.05, 0.1) is 5.56 Å². The number of halogens is 4. The number of aromatic nitrogens is 2. The van der Waals surface area contributed by atoms with Crippen molar-refractivity contribution in [2.45, 2.75) is 31.4 Å². The molecule has 0 radical (unpaired) electrons. The molecule has 0 aliphatic heterocycles. The second-order valence-corrected chi connectivity index (χ2v) is 7.05. The number of pyridine rings is 1. The third-order valence-electron chi connectivity index (χ3n) is 4.75. The van der Waals surface area contributed by atoms with Gasteiger partial charge in [-0.1, -0.05) is 17.7 Å². The number of aryl methyl sites for hydroxylation is 1. The minimum atomic E-state index is -4.55. The summed E-state index contributed by atoms with van der Waals surface area (Å²) in [6.07, 6.45) is -1.68. The number of aromatic hydroxyl groups is 1. The van der Waals surface area contributed by atoms with E-state index in [1.165, 1.54) is 0 Å². The lowest BCUT2D eigenvalue weighted by Crippen LogP contribution is -2.11. The van der Waals surface area contributed by atoms with E-state index in [2.05, 4.69) is 9.97 Å². The van der Waals surface area contributed by atoms with Crippen LogP contribution in [0.4, 0.5) is 13.2 Å². The summed E-state index contributed by atoms with van der Waals surface area (Å²) in [5.74, 6) is -0.919. The van der Waals surface area contributed by atoms with Crippen molar-refractivity contribution in [1.29, 1.82) is 0 Å². The van der Waals surface area contributed by atoms with E-state index < -0.39 is 17.5 Å². The summed E-state index contributed by atoms with van der Waals surface area (Å²) in [5.41, 5.74) is 0.814. The van der Waals surface area contributed by atoms with Crippen LogP contribution in [0.15, 0.2) is 39.7 Å². The maximum atomic E-state index is 12.7. The lowest BCUT2D eigenvalue weighted by Gasteiger charge is -2.24. The van der Waals surface area contributed by atoms with Crippen LogP contribution in [0, 0.1) is 0 Å².